The van der Waals surface area contributed by atoms with Crippen LogP contribution in [0, 0.1) is 5.92 Å². The highest BCUT2D eigenvalue weighted by Crippen LogP contribution is 2.30. The van der Waals surface area contributed by atoms with Gasteiger partial charge >= 0.3 is 0 Å². The molecule has 1 fully saturated rings. The quantitative estimate of drug-likeness (QED) is 0.865. The van der Waals surface area contributed by atoms with Crippen LogP contribution in [0.4, 0.5) is 5.69 Å². The van der Waals surface area contributed by atoms with E-state index in [0.29, 0.717) is 12.3 Å². The van der Waals surface area contributed by atoms with Gasteiger partial charge in [0.2, 0.25) is 5.91 Å². The summed E-state index contributed by atoms with van der Waals surface area (Å²) in [5, 5.41) is 0. The Morgan fingerprint density at radius 1 is 1.35 bits per heavy atom. The first-order valence-corrected chi connectivity index (χ1v) is 7.49. The number of carbonyl (C=O) groups excluding carboxylic acids is 1. The molecule has 1 heterocycles. The molecule has 4 heteroatoms. The third-order valence-electron chi connectivity index (χ3n) is 4.22. The highest BCUT2D eigenvalue weighted by molar-refractivity contribution is 5.74. The summed E-state index contributed by atoms with van der Waals surface area (Å²) in [6.07, 6.45) is 3.51. The minimum absolute atomic E-state index is 0.0922. The van der Waals surface area contributed by atoms with E-state index in [4.69, 9.17) is 11.5 Å². The molecule has 1 saturated heterocycles. The zero-order chi connectivity index (χ0) is 14.5. The molecule has 110 valence electrons. The normalized spacial score (nSPS) is 18.0. The van der Waals surface area contributed by atoms with Crippen molar-refractivity contribution in [2.75, 3.05) is 18.0 Å². The molecule has 0 aliphatic carbocycles. The van der Waals surface area contributed by atoms with Crippen molar-refractivity contribution in [2.45, 2.75) is 38.6 Å². The van der Waals surface area contributed by atoms with Crippen LogP contribution in [0.3, 0.4) is 0 Å². The Morgan fingerprint density at radius 3 is 2.60 bits per heavy atom. The Bertz CT molecular complexity index is 453. The number of carbonyl (C=O) groups is 1. The topological polar surface area (TPSA) is 72.3 Å². The van der Waals surface area contributed by atoms with Gasteiger partial charge in [-0.2, -0.15) is 0 Å². The number of hydrogen-bond donors (Lipinski definition) is 2. The van der Waals surface area contributed by atoms with E-state index in [1.165, 1.54) is 11.3 Å². The van der Waals surface area contributed by atoms with E-state index in [-0.39, 0.29) is 11.9 Å². The molecular weight excluding hydrogens is 250 g/mol. The molecule has 0 saturated carbocycles. The van der Waals surface area contributed by atoms with Gasteiger partial charge in [-0.1, -0.05) is 25.1 Å². The number of benzene rings is 1. The fourth-order valence-corrected chi connectivity index (χ4v) is 2.97. The molecule has 1 aromatic carbocycles. The van der Waals surface area contributed by atoms with Gasteiger partial charge in [0.05, 0.1) is 0 Å². The first-order valence-electron chi connectivity index (χ1n) is 7.49. The molecule has 0 radical (unpaired) electrons. The summed E-state index contributed by atoms with van der Waals surface area (Å²) in [6.45, 7) is 4.07. The van der Waals surface area contributed by atoms with Crippen LogP contribution in [0.5, 0.6) is 0 Å². The van der Waals surface area contributed by atoms with Crippen LogP contribution in [-0.2, 0) is 4.79 Å². The average molecular weight is 275 g/mol. The van der Waals surface area contributed by atoms with Crippen LogP contribution >= 0.6 is 0 Å². The molecule has 1 amide bonds. The van der Waals surface area contributed by atoms with Gasteiger partial charge in [0.1, 0.15) is 0 Å². The number of hydrogen-bond acceptors (Lipinski definition) is 3. The number of nitrogens with two attached hydrogens (primary N) is 2. The lowest BCUT2D eigenvalue weighted by Gasteiger charge is -2.35. The van der Waals surface area contributed by atoms with Crippen LogP contribution in [0.25, 0.3) is 0 Å². The van der Waals surface area contributed by atoms with E-state index in [0.717, 1.165) is 32.4 Å². The van der Waals surface area contributed by atoms with E-state index in [2.05, 4.69) is 30.0 Å². The molecule has 1 aromatic rings. The Labute approximate surface area is 121 Å². The molecular formula is C16H25N3O. The van der Waals surface area contributed by atoms with Gasteiger partial charge in [0.15, 0.2) is 0 Å². The SMILES string of the molecule is CCC(N)c1ccccc1N1CCC(CC(N)=O)CC1. The van der Waals surface area contributed by atoms with Gasteiger partial charge in [-0.05, 0) is 36.8 Å². The number of piperidine rings is 1. The van der Waals surface area contributed by atoms with Gasteiger partial charge in [-0.15, -0.1) is 0 Å². The predicted octanol–water partition coefficient (Wildman–Crippen LogP) is 2.19. The molecule has 1 aliphatic heterocycles. The summed E-state index contributed by atoms with van der Waals surface area (Å²) < 4.78 is 0. The van der Waals surface area contributed by atoms with Crippen LogP contribution < -0.4 is 16.4 Å². The fourth-order valence-electron chi connectivity index (χ4n) is 2.97. The van der Waals surface area contributed by atoms with Crippen molar-refractivity contribution < 1.29 is 4.79 Å². The van der Waals surface area contributed by atoms with Crippen LogP contribution in [0.15, 0.2) is 24.3 Å². The van der Waals surface area contributed by atoms with Crippen molar-refractivity contribution >= 4 is 11.6 Å². The lowest BCUT2D eigenvalue weighted by Crippen LogP contribution is -2.36. The maximum absolute atomic E-state index is 11.0. The van der Waals surface area contributed by atoms with Crippen molar-refractivity contribution in [1.82, 2.24) is 0 Å². The summed E-state index contributed by atoms with van der Waals surface area (Å²) in [5.41, 5.74) is 14.0. The summed E-state index contributed by atoms with van der Waals surface area (Å²) in [6, 6.07) is 8.48. The Hall–Kier alpha value is -1.55. The Balaban J connectivity index is 2.05. The van der Waals surface area contributed by atoms with E-state index in [9.17, 15) is 4.79 Å². The highest BCUT2D eigenvalue weighted by atomic mass is 16.1. The Kier molecular flexibility index (Phi) is 5.01. The molecule has 1 unspecified atom stereocenters. The minimum Gasteiger partial charge on any atom is -0.371 e. The number of primary amides is 1. The van der Waals surface area contributed by atoms with Crippen molar-refractivity contribution in [3.05, 3.63) is 29.8 Å². The second kappa shape index (κ2) is 6.75. The maximum Gasteiger partial charge on any atom is 0.217 e. The second-order valence-electron chi connectivity index (χ2n) is 5.67. The van der Waals surface area contributed by atoms with Crippen molar-refractivity contribution in [1.29, 1.82) is 0 Å². The van der Waals surface area contributed by atoms with Gasteiger partial charge in [0, 0.05) is 31.2 Å². The molecule has 20 heavy (non-hydrogen) atoms. The minimum atomic E-state index is -0.183. The molecule has 0 aromatic heterocycles. The first kappa shape index (κ1) is 14.9. The summed E-state index contributed by atoms with van der Waals surface area (Å²) in [7, 11) is 0. The maximum atomic E-state index is 11.0. The molecule has 1 atom stereocenters. The number of anilines is 1. The number of para-hydroxylation sites is 1. The second-order valence-corrected chi connectivity index (χ2v) is 5.67. The third-order valence-corrected chi connectivity index (χ3v) is 4.22. The molecule has 4 nitrogen and oxygen atoms in total. The van der Waals surface area contributed by atoms with Gasteiger partial charge < -0.3 is 16.4 Å². The van der Waals surface area contributed by atoms with E-state index < -0.39 is 0 Å². The largest absolute Gasteiger partial charge is 0.371 e. The van der Waals surface area contributed by atoms with Crippen molar-refractivity contribution in [3.8, 4) is 0 Å². The predicted molar refractivity (Wildman–Crippen MR) is 82.4 cm³/mol. The number of rotatable bonds is 5. The lowest BCUT2D eigenvalue weighted by atomic mass is 9.92. The number of nitrogens with zero attached hydrogens (tertiary/aromatic N) is 1. The van der Waals surface area contributed by atoms with Gasteiger partial charge in [0.25, 0.3) is 0 Å². The molecule has 2 rings (SSSR count). The average Bonchev–Trinajstić information content (AvgIpc) is 2.46. The standard InChI is InChI=1S/C16H25N3O/c1-2-14(17)13-5-3-4-6-15(13)19-9-7-12(8-10-19)11-16(18)20/h3-6,12,14H,2,7-11,17H2,1H3,(H2,18,20). The molecule has 0 spiro atoms. The van der Waals surface area contributed by atoms with Crippen molar-refractivity contribution in [3.63, 3.8) is 0 Å². The molecule has 4 N–H and O–H groups in total. The van der Waals surface area contributed by atoms with Crippen LogP contribution in [0.1, 0.15) is 44.2 Å². The monoisotopic (exact) mass is 275 g/mol. The van der Waals surface area contributed by atoms with Crippen molar-refractivity contribution in [2.24, 2.45) is 17.4 Å². The smallest absolute Gasteiger partial charge is 0.217 e. The summed E-state index contributed by atoms with van der Waals surface area (Å²) in [5.74, 6) is 0.257. The third kappa shape index (κ3) is 3.51. The zero-order valence-electron chi connectivity index (χ0n) is 12.2. The van der Waals surface area contributed by atoms with E-state index >= 15 is 0 Å². The van der Waals surface area contributed by atoms with Crippen LogP contribution in [0.2, 0.25) is 0 Å². The van der Waals surface area contributed by atoms with Crippen LogP contribution in [-0.4, -0.2) is 19.0 Å². The Morgan fingerprint density at radius 2 is 2.00 bits per heavy atom. The van der Waals surface area contributed by atoms with Gasteiger partial charge in [-0.3, -0.25) is 4.79 Å². The fraction of sp³-hybridized carbons (Fsp3) is 0.562. The lowest BCUT2D eigenvalue weighted by molar-refractivity contribution is -0.119. The molecule has 0 bridgehead atoms. The van der Waals surface area contributed by atoms with E-state index in [1.807, 2.05) is 6.07 Å². The van der Waals surface area contributed by atoms with Gasteiger partial charge in [-0.25, -0.2) is 0 Å². The zero-order valence-corrected chi connectivity index (χ0v) is 12.2. The highest BCUT2D eigenvalue weighted by Gasteiger charge is 2.22. The molecule has 1 aliphatic rings. The summed E-state index contributed by atoms with van der Waals surface area (Å²) >= 11 is 0. The first-order chi connectivity index (χ1) is 9.61. The summed E-state index contributed by atoms with van der Waals surface area (Å²) in [4.78, 5) is 13.4. The number of amides is 1. The van der Waals surface area contributed by atoms with E-state index in [1.54, 1.807) is 0 Å².